The van der Waals surface area contributed by atoms with Crippen molar-refractivity contribution in [1.29, 1.82) is 0 Å². The van der Waals surface area contributed by atoms with Crippen molar-refractivity contribution in [3.05, 3.63) is 51.8 Å². The van der Waals surface area contributed by atoms with Gasteiger partial charge in [0.2, 0.25) is 11.8 Å². The fourth-order valence-electron chi connectivity index (χ4n) is 4.30. The zero-order chi connectivity index (χ0) is 21.5. The highest BCUT2D eigenvalue weighted by Gasteiger charge is 2.39. The van der Waals surface area contributed by atoms with Gasteiger partial charge in [0.25, 0.3) is 11.8 Å². The van der Waals surface area contributed by atoms with Gasteiger partial charge in [-0.15, -0.1) is 0 Å². The average molecular weight is 439 g/mol. The van der Waals surface area contributed by atoms with Crippen LogP contribution < -0.4 is 10.6 Å². The summed E-state index contributed by atoms with van der Waals surface area (Å²) in [6, 6.07) is 4.86. The molecule has 4 heterocycles. The fourth-order valence-corrected chi connectivity index (χ4v) is 5.24. The van der Waals surface area contributed by atoms with Crippen molar-refractivity contribution in [3.8, 4) is 0 Å². The second kappa shape index (κ2) is 7.84. The van der Waals surface area contributed by atoms with Gasteiger partial charge in [0.1, 0.15) is 6.04 Å². The minimum absolute atomic E-state index is 0.225. The molecule has 5 rings (SSSR count). The van der Waals surface area contributed by atoms with E-state index in [1.807, 2.05) is 23.9 Å². The molecular formula is C21H21N5O4S. The Morgan fingerprint density at radius 2 is 2.13 bits per heavy atom. The molecule has 10 heteroatoms. The Labute approximate surface area is 182 Å². The van der Waals surface area contributed by atoms with Crippen molar-refractivity contribution in [2.75, 3.05) is 5.75 Å². The number of amides is 4. The van der Waals surface area contributed by atoms with E-state index in [2.05, 4.69) is 20.8 Å². The molecule has 0 spiro atoms. The van der Waals surface area contributed by atoms with E-state index >= 15 is 0 Å². The van der Waals surface area contributed by atoms with E-state index in [1.165, 1.54) is 4.90 Å². The van der Waals surface area contributed by atoms with E-state index in [9.17, 15) is 19.2 Å². The summed E-state index contributed by atoms with van der Waals surface area (Å²) in [5, 5.41) is 12.3. The summed E-state index contributed by atoms with van der Waals surface area (Å²) in [6.45, 7) is 0.610. The molecule has 0 radical (unpaired) electrons. The molecule has 1 fully saturated rings. The molecule has 0 aliphatic carbocycles. The number of imide groups is 1. The zero-order valence-electron chi connectivity index (χ0n) is 16.7. The molecule has 1 unspecified atom stereocenters. The van der Waals surface area contributed by atoms with Crippen LogP contribution in [0, 0.1) is 0 Å². The van der Waals surface area contributed by atoms with E-state index in [0.29, 0.717) is 24.2 Å². The third kappa shape index (κ3) is 3.60. The fraction of sp³-hybridized carbons (Fsp3) is 0.381. The molecule has 1 saturated heterocycles. The Balaban J connectivity index is 1.27. The molecule has 1 atom stereocenters. The molecule has 31 heavy (non-hydrogen) atoms. The first-order chi connectivity index (χ1) is 15.0. The Hall–Kier alpha value is -3.14. The number of nitrogens with zero attached hydrogens (tertiary/aromatic N) is 2. The van der Waals surface area contributed by atoms with Crippen LogP contribution in [0.2, 0.25) is 0 Å². The van der Waals surface area contributed by atoms with Gasteiger partial charge in [-0.1, -0.05) is 12.1 Å². The highest BCUT2D eigenvalue weighted by molar-refractivity contribution is 7.98. The molecule has 1 aromatic carbocycles. The largest absolute Gasteiger partial charge is 0.347 e. The first-order valence-electron chi connectivity index (χ1n) is 10.2. The number of nitrogens with one attached hydrogen (secondary N) is 3. The molecule has 1 aromatic heterocycles. The predicted molar refractivity (Wildman–Crippen MR) is 112 cm³/mol. The summed E-state index contributed by atoms with van der Waals surface area (Å²) in [4.78, 5) is 50.6. The molecule has 0 bridgehead atoms. The van der Waals surface area contributed by atoms with Gasteiger partial charge in [0.15, 0.2) is 5.69 Å². The number of aromatic amines is 1. The van der Waals surface area contributed by atoms with Crippen molar-refractivity contribution in [3.63, 3.8) is 0 Å². The SMILES string of the molecule is O=C1CCC(N2Cc3ccc(CNC(=O)c4n[nH]c5c4CCSC5)cc3C2=O)C(=O)N1. The number of fused-ring (bicyclic) bond motifs is 2. The Morgan fingerprint density at radius 1 is 1.26 bits per heavy atom. The first-order valence-corrected chi connectivity index (χ1v) is 11.4. The Kier molecular flexibility index (Phi) is 5.01. The molecule has 3 aliphatic heterocycles. The maximum Gasteiger partial charge on any atom is 0.272 e. The summed E-state index contributed by atoms with van der Waals surface area (Å²) in [7, 11) is 0. The lowest BCUT2D eigenvalue weighted by atomic mass is 10.0. The minimum Gasteiger partial charge on any atom is -0.347 e. The molecule has 160 valence electrons. The molecule has 4 amide bonds. The first kappa shape index (κ1) is 19.8. The third-order valence-corrected chi connectivity index (χ3v) is 6.94. The van der Waals surface area contributed by atoms with Crippen LogP contribution in [0.1, 0.15) is 56.1 Å². The van der Waals surface area contributed by atoms with Crippen molar-refractivity contribution in [1.82, 2.24) is 25.7 Å². The van der Waals surface area contributed by atoms with Crippen LogP contribution in [0.3, 0.4) is 0 Å². The van der Waals surface area contributed by atoms with Gasteiger partial charge in [-0.2, -0.15) is 16.9 Å². The maximum absolute atomic E-state index is 12.9. The van der Waals surface area contributed by atoms with Crippen LogP contribution in [0.15, 0.2) is 18.2 Å². The lowest BCUT2D eigenvalue weighted by molar-refractivity contribution is -0.136. The quantitative estimate of drug-likeness (QED) is 0.608. The van der Waals surface area contributed by atoms with Crippen LogP contribution in [-0.2, 0) is 34.9 Å². The van der Waals surface area contributed by atoms with Crippen LogP contribution in [0.25, 0.3) is 0 Å². The van der Waals surface area contributed by atoms with E-state index in [4.69, 9.17) is 0 Å². The summed E-state index contributed by atoms with van der Waals surface area (Å²) in [6.07, 6.45) is 1.38. The van der Waals surface area contributed by atoms with E-state index in [0.717, 1.165) is 40.3 Å². The number of thioether (sulfide) groups is 1. The van der Waals surface area contributed by atoms with Gasteiger partial charge in [0.05, 0.1) is 0 Å². The molecule has 3 N–H and O–H groups in total. The molecule has 9 nitrogen and oxygen atoms in total. The second-order valence-corrected chi connectivity index (χ2v) is 9.01. The molecular weight excluding hydrogens is 418 g/mol. The molecule has 3 aliphatic rings. The highest BCUT2D eigenvalue weighted by Crippen LogP contribution is 2.28. The summed E-state index contributed by atoms with van der Waals surface area (Å²) in [5.41, 5.74) is 4.61. The maximum atomic E-state index is 12.9. The van der Waals surface area contributed by atoms with Crippen molar-refractivity contribution in [2.45, 2.75) is 44.1 Å². The van der Waals surface area contributed by atoms with Gasteiger partial charge in [-0.05, 0) is 35.8 Å². The van der Waals surface area contributed by atoms with E-state index in [-0.39, 0.29) is 30.7 Å². The highest BCUT2D eigenvalue weighted by atomic mass is 32.2. The lowest BCUT2D eigenvalue weighted by Crippen LogP contribution is -2.52. The smallest absolute Gasteiger partial charge is 0.272 e. The number of hydrogen-bond acceptors (Lipinski definition) is 6. The second-order valence-electron chi connectivity index (χ2n) is 7.91. The van der Waals surface area contributed by atoms with Crippen molar-refractivity contribution < 1.29 is 19.2 Å². The summed E-state index contributed by atoms with van der Waals surface area (Å²) >= 11 is 1.81. The molecule has 2 aromatic rings. The topological polar surface area (TPSA) is 124 Å². The normalized spacial score (nSPS) is 20.3. The van der Waals surface area contributed by atoms with Gasteiger partial charge in [-0.25, -0.2) is 0 Å². The number of rotatable bonds is 4. The Morgan fingerprint density at radius 3 is 2.97 bits per heavy atom. The molecule has 0 saturated carbocycles. The zero-order valence-corrected chi connectivity index (χ0v) is 17.5. The number of carbonyl (C=O) groups excluding carboxylic acids is 4. The van der Waals surface area contributed by atoms with Crippen LogP contribution >= 0.6 is 11.8 Å². The number of piperidine rings is 1. The average Bonchev–Trinajstić information content (AvgIpc) is 3.34. The standard InChI is InChI=1S/C21H21N5O4S/c27-17-4-3-16(19(28)23-17)26-9-12-2-1-11(7-14(12)21(26)30)8-22-20(29)18-13-5-6-31-10-15(13)24-25-18/h1-2,7,16H,3-6,8-10H2,(H,22,29)(H,24,25)(H,23,27,28). The van der Waals surface area contributed by atoms with Crippen LogP contribution in [0.4, 0.5) is 0 Å². The van der Waals surface area contributed by atoms with Gasteiger partial charge in [-0.3, -0.25) is 29.6 Å². The van der Waals surface area contributed by atoms with Crippen molar-refractivity contribution in [2.24, 2.45) is 0 Å². The summed E-state index contributed by atoms with van der Waals surface area (Å²) in [5.74, 6) is 0.624. The van der Waals surface area contributed by atoms with Crippen LogP contribution in [-0.4, -0.2) is 50.5 Å². The third-order valence-electron chi connectivity index (χ3n) is 5.96. The minimum atomic E-state index is -0.634. The predicted octanol–water partition coefficient (Wildman–Crippen LogP) is 0.890. The van der Waals surface area contributed by atoms with Crippen molar-refractivity contribution >= 4 is 35.4 Å². The van der Waals surface area contributed by atoms with Crippen LogP contribution in [0.5, 0.6) is 0 Å². The van der Waals surface area contributed by atoms with Gasteiger partial charge in [0, 0.05) is 42.1 Å². The number of hydrogen-bond donors (Lipinski definition) is 3. The lowest BCUT2D eigenvalue weighted by Gasteiger charge is -2.29. The van der Waals surface area contributed by atoms with Gasteiger partial charge < -0.3 is 10.2 Å². The number of carbonyl (C=O) groups is 4. The van der Waals surface area contributed by atoms with E-state index in [1.54, 1.807) is 6.07 Å². The number of aromatic nitrogens is 2. The van der Waals surface area contributed by atoms with E-state index < -0.39 is 11.9 Å². The Bertz CT molecular complexity index is 1110. The summed E-state index contributed by atoms with van der Waals surface area (Å²) < 4.78 is 0. The van der Waals surface area contributed by atoms with Gasteiger partial charge >= 0.3 is 0 Å². The number of benzene rings is 1. The number of H-pyrrole nitrogens is 1. The monoisotopic (exact) mass is 439 g/mol.